The lowest BCUT2D eigenvalue weighted by atomic mass is 10.2. The van der Waals surface area contributed by atoms with E-state index in [2.05, 4.69) is 20.9 Å². The number of ether oxygens (including phenoxy) is 1. The summed E-state index contributed by atoms with van der Waals surface area (Å²) in [6.45, 7) is 0. The van der Waals surface area contributed by atoms with Crippen molar-refractivity contribution in [3.63, 3.8) is 0 Å². The molecule has 0 aliphatic heterocycles. The molecule has 0 spiro atoms. The number of fused-ring (bicyclic) bond motifs is 1. The smallest absolute Gasteiger partial charge is 0.206 e. The van der Waals surface area contributed by atoms with E-state index in [0.717, 1.165) is 10.5 Å². The van der Waals surface area contributed by atoms with Crippen LogP contribution in [-0.4, -0.2) is 16.7 Å². The molecule has 3 rings (SSSR count). The number of imidazole rings is 1. The van der Waals surface area contributed by atoms with Crippen molar-refractivity contribution in [1.82, 2.24) is 9.55 Å². The van der Waals surface area contributed by atoms with Crippen LogP contribution < -0.4 is 10.5 Å². The number of halogens is 3. The molecule has 2 aromatic carbocycles. The number of hydrogen-bond acceptors (Lipinski definition) is 3. The van der Waals surface area contributed by atoms with Gasteiger partial charge >= 0.3 is 0 Å². The van der Waals surface area contributed by atoms with Gasteiger partial charge in [0.2, 0.25) is 5.95 Å². The molecule has 0 bridgehead atoms. The van der Waals surface area contributed by atoms with Crippen LogP contribution in [0, 0.1) is 11.6 Å². The average molecular weight is 354 g/mol. The lowest BCUT2D eigenvalue weighted by molar-refractivity contribution is 0.414. The Morgan fingerprint density at radius 1 is 1.19 bits per heavy atom. The minimum atomic E-state index is -0.752. The Bertz CT molecular complexity index is 848. The second-order valence-electron chi connectivity index (χ2n) is 4.41. The fourth-order valence-electron chi connectivity index (χ4n) is 2.19. The Morgan fingerprint density at radius 2 is 1.95 bits per heavy atom. The molecule has 21 heavy (non-hydrogen) atoms. The van der Waals surface area contributed by atoms with Crippen molar-refractivity contribution < 1.29 is 13.5 Å². The molecule has 7 heteroatoms. The third-order valence-electron chi connectivity index (χ3n) is 3.05. The highest BCUT2D eigenvalue weighted by Gasteiger charge is 2.16. The number of nitrogen functional groups attached to an aromatic ring is 1. The summed E-state index contributed by atoms with van der Waals surface area (Å²) >= 11 is 3.35. The first-order valence-corrected chi connectivity index (χ1v) is 6.77. The van der Waals surface area contributed by atoms with E-state index in [-0.39, 0.29) is 17.0 Å². The zero-order valence-corrected chi connectivity index (χ0v) is 12.5. The molecule has 3 aromatic rings. The lowest BCUT2D eigenvalue weighted by Gasteiger charge is -2.09. The van der Waals surface area contributed by atoms with Crippen LogP contribution in [0.3, 0.4) is 0 Å². The van der Waals surface area contributed by atoms with Crippen molar-refractivity contribution in [3.05, 3.63) is 46.4 Å². The topological polar surface area (TPSA) is 53.1 Å². The van der Waals surface area contributed by atoms with Gasteiger partial charge in [0.25, 0.3) is 0 Å². The first-order valence-electron chi connectivity index (χ1n) is 5.97. The van der Waals surface area contributed by atoms with Crippen molar-refractivity contribution in [1.29, 1.82) is 0 Å². The highest BCUT2D eigenvalue weighted by Crippen LogP contribution is 2.30. The first-order chi connectivity index (χ1) is 9.99. The highest BCUT2D eigenvalue weighted by molar-refractivity contribution is 9.10. The van der Waals surface area contributed by atoms with E-state index in [9.17, 15) is 8.78 Å². The zero-order valence-electron chi connectivity index (χ0n) is 10.9. The minimum Gasteiger partial charge on any atom is -0.497 e. The number of methoxy groups -OCH3 is 1. The van der Waals surface area contributed by atoms with Gasteiger partial charge in [-0.15, -0.1) is 0 Å². The van der Waals surface area contributed by atoms with Crippen LogP contribution in [0.2, 0.25) is 0 Å². The number of rotatable bonds is 2. The molecule has 1 aromatic heterocycles. The number of anilines is 1. The third kappa shape index (κ3) is 2.33. The molecule has 0 saturated heterocycles. The second-order valence-corrected chi connectivity index (χ2v) is 5.33. The van der Waals surface area contributed by atoms with E-state index in [1.165, 1.54) is 17.7 Å². The maximum absolute atomic E-state index is 13.8. The van der Waals surface area contributed by atoms with E-state index in [1.807, 2.05) is 0 Å². The Labute approximate surface area is 127 Å². The molecule has 4 nitrogen and oxygen atoms in total. The summed E-state index contributed by atoms with van der Waals surface area (Å²) in [5, 5.41) is 0. The van der Waals surface area contributed by atoms with Crippen LogP contribution in [0.15, 0.2) is 34.8 Å². The number of aromatic nitrogens is 2. The van der Waals surface area contributed by atoms with Gasteiger partial charge in [0, 0.05) is 22.7 Å². The van der Waals surface area contributed by atoms with Crippen molar-refractivity contribution in [2.75, 3.05) is 12.8 Å². The van der Waals surface area contributed by atoms with Crippen molar-refractivity contribution >= 4 is 32.9 Å². The molecule has 0 aliphatic rings. The normalized spacial score (nSPS) is 11.0. The Morgan fingerprint density at radius 3 is 2.67 bits per heavy atom. The molecule has 108 valence electrons. The van der Waals surface area contributed by atoms with Crippen LogP contribution in [-0.2, 0) is 0 Å². The van der Waals surface area contributed by atoms with E-state index in [4.69, 9.17) is 10.5 Å². The molecule has 1 heterocycles. The first kappa shape index (κ1) is 13.8. The van der Waals surface area contributed by atoms with Crippen LogP contribution in [0.4, 0.5) is 14.7 Å². The van der Waals surface area contributed by atoms with Gasteiger partial charge in [-0.05, 0) is 12.1 Å². The summed E-state index contributed by atoms with van der Waals surface area (Å²) in [7, 11) is 1.53. The molecule has 2 N–H and O–H groups in total. The highest BCUT2D eigenvalue weighted by atomic mass is 79.9. The van der Waals surface area contributed by atoms with Crippen LogP contribution >= 0.6 is 15.9 Å². The molecule has 0 fully saturated rings. The van der Waals surface area contributed by atoms with E-state index in [1.54, 1.807) is 18.2 Å². The quantitative estimate of drug-likeness (QED) is 0.764. The molecule has 0 radical (unpaired) electrons. The predicted octanol–water partition coefficient (Wildman–Crippen LogP) is 3.66. The Hall–Kier alpha value is -2.15. The summed E-state index contributed by atoms with van der Waals surface area (Å²) in [4.78, 5) is 3.96. The standard InChI is InChI=1S/C14H10BrF2N3O/c1-21-10-3-7(15)2-9(6-10)20-12-5-8(16)4-11(17)13(12)19-14(20)18/h2-6H,1H3,(H2,18,19). The van der Waals surface area contributed by atoms with Crippen molar-refractivity contribution in [3.8, 4) is 11.4 Å². The Balaban J connectivity index is 2.34. The van der Waals surface area contributed by atoms with E-state index in [0.29, 0.717) is 11.4 Å². The number of nitrogens with zero attached hydrogens (tertiary/aromatic N) is 2. The molecular formula is C14H10BrF2N3O. The van der Waals surface area contributed by atoms with Gasteiger partial charge in [-0.25, -0.2) is 13.8 Å². The fourth-order valence-corrected chi connectivity index (χ4v) is 2.65. The summed E-state index contributed by atoms with van der Waals surface area (Å²) in [5.74, 6) is -0.798. The van der Waals surface area contributed by atoms with Crippen LogP contribution in [0.5, 0.6) is 5.75 Å². The summed E-state index contributed by atoms with van der Waals surface area (Å²) in [5.41, 5.74) is 6.72. The molecule has 0 atom stereocenters. The van der Waals surface area contributed by atoms with Gasteiger partial charge in [-0.1, -0.05) is 15.9 Å². The lowest BCUT2D eigenvalue weighted by Crippen LogP contribution is -2.01. The van der Waals surface area contributed by atoms with Crippen LogP contribution in [0.25, 0.3) is 16.7 Å². The second kappa shape index (κ2) is 5.00. The maximum atomic E-state index is 13.8. The van der Waals surface area contributed by atoms with Gasteiger partial charge in [-0.3, -0.25) is 4.57 Å². The summed E-state index contributed by atoms with van der Waals surface area (Å²) < 4.78 is 34.6. The SMILES string of the molecule is COc1cc(Br)cc(-n2c(N)nc3c(F)cc(F)cc32)c1. The van der Waals surface area contributed by atoms with E-state index >= 15 is 0 Å². The van der Waals surface area contributed by atoms with Gasteiger partial charge < -0.3 is 10.5 Å². The third-order valence-corrected chi connectivity index (χ3v) is 3.51. The summed E-state index contributed by atoms with van der Waals surface area (Å²) in [6, 6.07) is 7.18. The van der Waals surface area contributed by atoms with Crippen molar-refractivity contribution in [2.45, 2.75) is 0 Å². The number of hydrogen-bond donors (Lipinski definition) is 1. The number of benzene rings is 2. The predicted molar refractivity (Wildman–Crippen MR) is 79.7 cm³/mol. The van der Waals surface area contributed by atoms with E-state index < -0.39 is 11.6 Å². The van der Waals surface area contributed by atoms with Crippen LogP contribution in [0.1, 0.15) is 0 Å². The van der Waals surface area contributed by atoms with Gasteiger partial charge in [-0.2, -0.15) is 0 Å². The largest absolute Gasteiger partial charge is 0.497 e. The zero-order chi connectivity index (χ0) is 15.1. The maximum Gasteiger partial charge on any atom is 0.206 e. The van der Waals surface area contributed by atoms with Gasteiger partial charge in [0.05, 0.1) is 18.3 Å². The monoisotopic (exact) mass is 353 g/mol. The molecule has 0 aliphatic carbocycles. The number of nitrogens with two attached hydrogens (primary N) is 1. The van der Waals surface area contributed by atoms with Gasteiger partial charge in [0.15, 0.2) is 5.82 Å². The molecule has 0 unspecified atom stereocenters. The molecule has 0 amide bonds. The average Bonchev–Trinajstić information content (AvgIpc) is 2.74. The summed E-state index contributed by atoms with van der Waals surface area (Å²) in [6.07, 6.45) is 0. The molecular weight excluding hydrogens is 344 g/mol. The van der Waals surface area contributed by atoms with Crippen molar-refractivity contribution in [2.24, 2.45) is 0 Å². The van der Waals surface area contributed by atoms with Gasteiger partial charge in [0.1, 0.15) is 17.1 Å². The Kier molecular flexibility index (Phi) is 3.29. The minimum absolute atomic E-state index is 0.0212. The molecule has 0 saturated carbocycles. The fraction of sp³-hybridized carbons (Fsp3) is 0.0714.